The normalized spacial score (nSPS) is 18.9. The number of benzene rings is 1. The number of β-amino-alcohol motifs (C(OH)–C–C–N with tert-alkyl or cyclic N) is 1. The summed E-state index contributed by atoms with van der Waals surface area (Å²) in [7, 11) is 0. The molecule has 106 valence electrons. The van der Waals surface area contributed by atoms with Gasteiger partial charge in [-0.3, -0.25) is 4.98 Å². The Kier molecular flexibility index (Phi) is 3.54. The number of aliphatic hydroxyl groups excluding tert-OH is 1. The first-order valence-corrected chi connectivity index (χ1v) is 6.90. The molecule has 5 heteroatoms. The minimum atomic E-state index is -0.329. The number of aromatic nitrogens is 1. The van der Waals surface area contributed by atoms with E-state index in [0.717, 1.165) is 24.2 Å². The van der Waals surface area contributed by atoms with Crippen molar-refractivity contribution in [2.45, 2.75) is 18.9 Å². The first-order chi connectivity index (χ1) is 9.70. The molecule has 1 aliphatic rings. The van der Waals surface area contributed by atoms with E-state index in [0.29, 0.717) is 30.4 Å². The number of halogens is 1. The number of nitrogens with two attached hydrogens (primary N) is 1. The fourth-order valence-corrected chi connectivity index (χ4v) is 2.88. The number of aliphatic hydroxyl groups is 1. The van der Waals surface area contributed by atoms with Crippen LogP contribution >= 0.6 is 0 Å². The highest BCUT2D eigenvalue weighted by Gasteiger charge is 2.25. The molecule has 1 aromatic heterocycles. The number of hydrogen-bond acceptors (Lipinski definition) is 4. The zero-order valence-electron chi connectivity index (χ0n) is 11.2. The van der Waals surface area contributed by atoms with Gasteiger partial charge in [-0.15, -0.1) is 0 Å². The Balaban J connectivity index is 2.20. The van der Waals surface area contributed by atoms with Crippen LogP contribution in [0.1, 0.15) is 12.0 Å². The van der Waals surface area contributed by atoms with Gasteiger partial charge < -0.3 is 15.7 Å². The van der Waals surface area contributed by atoms with Crippen molar-refractivity contribution in [1.82, 2.24) is 4.98 Å². The summed E-state index contributed by atoms with van der Waals surface area (Å²) >= 11 is 0. The van der Waals surface area contributed by atoms with Gasteiger partial charge in [-0.1, -0.05) is 0 Å². The Morgan fingerprint density at radius 3 is 3.05 bits per heavy atom. The molecular formula is C15H18FN3O. The van der Waals surface area contributed by atoms with Crippen molar-refractivity contribution in [2.75, 3.05) is 24.5 Å². The summed E-state index contributed by atoms with van der Waals surface area (Å²) in [6.07, 6.45) is 2.67. The van der Waals surface area contributed by atoms with Crippen LogP contribution < -0.4 is 10.6 Å². The fourth-order valence-electron chi connectivity index (χ4n) is 2.88. The molecule has 1 aliphatic heterocycles. The third kappa shape index (κ3) is 2.23. The molecule has 1 aromatic carbocycles. The standard InChI is InChI=1S/C15H18FN3O/c16-13-8-10(3-5-17)15(19-7-4-11(20)9-19)14-12(13)2-1-6-18-14/h1-2,6,8,11,20H,3-5,7,9,17H2/t11-/m1/s1. The molecular weight excluding hydrogens is 257 g/mol. The first-order valence-electron chi connectivity index (χ1n) is 6.90. The largest absolute Gasteiger partial charge is 0.391 e. The number of anilines is 1. The Morgan fingerprint density at radius 2 is 2.35 bits per heavy atom. The second kappa shape index (κ2) is 5.34. The average molecular weight is 275 g/mol. The molecule has 0 amide bonds. The van der Waals surface area contributed by atoms with E-state index in [1.165, 1.54) is 0 Å². The Morgan fingerprint density at radius 1 is 1.50 bits per heavy atom. The van der Waals surface area contributed by atoms with Crippen LogP contribution in [0.25, 0.3) is 10.9 Å². The van der Waals surface area contributed by atoms with Crippen LogP contribution in [0.3, 0.4) is 0 Å². The summed E-state index contributed by atoms with van der Waals surface area (Å²) < 4.78 is 14.2. The fraction of sp³-hybridized carbons (Fsp3) is 0.400. The molecule has 4 nitrogen and oxygen atoms in total. The molecule has 0 radical (unpaired) electrons. The van der Waals surface area contributed by atoms with Gasteiger partial charge >= 0.3 is 0 Å². The highest BCUT2D eigenvalue weighted by atomic mass is 19.1. The van der Waals surface area contributed by atoms with E-state index < -0.39 is 0 Å². The zero-order chi connectivity index (χ0) is 14.1. The zero-order valence-corrected chi connectivity index (χ0v) is 11.2. The second-order valence-corrected chi connectivity index (χ2v) is 5.19. The van der Waals surface area contributed by atoms with Crippen molar-refractivity contribution < 1.29 is 9.50 Å². The molecule has 20 heavy (non-hydrogen) atoms. The lowest BCUT2D eigenvalue weighted by Gasteiger charge is -2.23. The molecule has 1 saturated heterocycles. The Bertz CT molecular complexity index is 632. The Hall–Kier alpha value is -1.72. The summed E-state index contributed by atoms with van der Waals surface area (Å²) in [4.78, 5) is 6.44. The van der Waals surface area contributed by atoms with Gasteiger partial charge in [0.05, 0.1) is 17.3 Å². The highest BCUT2D eigenvalue weighted by molar-refractivity contribution is 5.93. The predicted octanol–water partition coefficient (Wildman–Crippen LogP) is 1.45. The number of fused-ring (bicyclic) bond motifs is 1. The summed E-state index contributed by atoms with van der Waals surface area (Å²) in [6.45, 7) is 1.78. The quantitative estimate of drug-likeness (QED) is 0.890. The molecule has 3 N–H and O–H groups in total. The topological polar surface area (TPSA) is 62.4 Å². The van der Waals surface area contributed by atoms with Gasteiger partial charge in [0, 0.05) is 24.7 Å². The van der Waals surface area contributed by atoms with E-state index in [1.54, 1.807) is 24.4 Å². The summed E-state index contributed by atoms with van der Waals surface area (Å²) in [5, 5.41) is 10.3. The van der Waals surface area contributed by atoms with Crippen LogP contribution in [0.4, 0.5) is 10.1 Å². The highest BCUT2D eigenvalue weighted by Crippen LogP contribution is 2.33. The lowest BCUT2D eigenvalue weighted by atomic mass is 10.0. The molecule has 0 saturated carbocycles. The van der Waals surface area contributed by atoms with E-state index in [-0.39, 0.29) is 11.9 Å². The minimum absolute atomic E-state index is 0.264. The van der Waals surface area contributed by atoms with Crippen molar-refractivity contribution in [2.24, 2.45) is 5.73 Å². The predicted molar refractivity (Wildman–Crippen MR) is 77.3 cm³/mol. The average Bonchev–Trinajstić information content (AvgIpc) is 2.86. The van der Waals surface area contributed by atoms with Crippen LogP contribution in [0.5, 0.6) is 0 Å². The van der Waals surface area contributed by atoms with E-state index in [2.05, 4.69) is 9.88 Å². The molecule has 2 aromatic rings. The first kappa shape index (κ1) is 13.3. The summed E-state index contributed by atoms with van der Waals surface area (Å²) in [5.74, 6) is -0.264. The van der Waals surface area contributed by atoms with Crippen molar-refractivity contribution >= 4 is 16.6 Å². The van der Waals surface area contributed by atoms with Crippen LogP contribution in [-0.2, 0) is 6.42 Å². The van der Waals surface area contributed by atoms with Crippen molar-refractivity contribution in [3.05, 3.63) is 35.8 Å². The Labute approximate surface area is 117 Å². The van der Waals surface area contributed by atoms with E-state index in [1.807, 2.05) is 0 Å². The monoisotopic (exact) mass is 275 g/mol. The van der Waals surface area contributed by atoms with Crippen LogP contribution in [0.15, 0.2) is 24.4 Å². The third-order valence-corrected chi connectivity index (χ3v) is 3.79. The molecule has 3 rings (SSSR count). The van der Waals surface area contributed by atoms with Crippen molar-refractivity contribution in [3.63, 3.8) is 0 Å². The molecule has 0 aliphatic carbocycles. The molecule has 0 bridgehead atoms. The second-order valence-electron chi connectivity index (χ2n) is 5.19. The number of hydrogen-bond donors (Lipinski definition) is 2. The lowest BCUT2D eigenvalue weighted by molar-refractivity contribution is 0.198. The minimum Gasteiger partial charge on any atom is -0.391 e. The molecule has 0 spiro atoms. The molecule has 2 heterocycles. The van der Waals surface area contributed by atoms with Gasteiger partial charge in [0.15, 0.2) is 0 Å². The smallest absolute Gasteiger partial charge is 0.133 e. The van der Waals surface area contributed by atoms with E-state index in [4.69, 9.17) is 5.73 Å². The summed E-state index contributed by atoms with van der Waals surface area (Å²) in [6, 6.07) is 5.02. The summed E-state index contributed by atoms with van der Waals surface area (Å²) in [5.41, 5.74) is 8.08. The van der Waals surface area contributed by atoms with E-state index in [9.17, 15) is 9.50 Å². The van der Waals surface area contributed by atoms with Gasteiger partial charge in [-0.25, -0.2) is 4.39 Å². The number of pyridine rings is 1. The van der Waals surface area contributed by atoms with Crippen LogP contribution in [0, 0.1) is 5.82 Å². The van der Waals surface area contributed by atoms with Crippen molar-refractivity contribution in [1.29, 1.82) is 0 Å². The van der Waals surface area contributed by atoms with Gasteiger partial charge in [0.25, 0.3) is 0 Å². The molecule has 1 atom stereocenters. The maximum absolute atomic E-state index is 14.2. The van der Waals surface area contributed by atoms with Gasteiger partial charge in [-0.2, -0.15) is 0 Å². The van der Waals surface area contributed by atoms with Gasteiger partial charge in [-0.05, 0) is 43.1 Å². The van der Waals surface area contributed by atoms with Gasteiger partial charge in [0.1, 0.15) is 5.82 Å². The number of rotatable bonds is 3. The molecule has 0 unspecified atom stereocenters. The third-order valence-electron chi connectivity index (χ3n) is 3.79. The maximum Gasteiger partial charge on any atom is 0.133 e. The SMILES string of the molecule is NCCc1cc(F)c2cccnc2c1N1CC[C@@H](O)C1. The van der Waals surface area contributed by atoms with Crippen molar-refractivity contribution in [3.8, 4) is 0 Å². The van der Waals surface area contributed by atoms with Crippen LogP contribution in [0.2, 0.25) is 0 Å². The molecule has 1 fully saturated rings. The maximum atomic E-state index is 14.2. The number of nitrogens with zero attached hydrogens (tertiary/aromatic N) is 2. The lowest BCUT2D eigenvalue weighted by Crippen LogP contribution is -2.23. The van der Waals surface area contributed by atoms with Gasteiger partial charge in [0.2, 0.25) is 0 Å². The van der Waals surface area contributed by atoms with E-state index >= 15 is 0 Å². The van der Waals surface area contributed by atoms with Crippen LogP contribution in [-0.4, -0.2) is 35.8 Å².